The van der Waals surface area contributed by atoms with Crippen molar-refractivity contribution < 1.29 is 19.5 Å². The maximum atomic E-state index is 12.9. The zero-order valence-electron chi connectivity index (χ0n) is 23.1. The number of thiol groups is 1. The molecule has 1 aliphatic carbocycles. The van der Waals surface area contributed by atoms with Crippen molar-refractivity contribution in [3.63, 3.8) is 0 Å². The number of carbonyl (C=O) groups is 2. The van der Waals surface area contributed by atoms with E-state index in [1.165, 1.54) is 37.1 Å². The summed E-state index contributed by atoms with van der Waals surface area (Å²) >= 11 is 6.14. The van der Waals surface area contributed by atoms with Crippen LogP contribution in [0.2, 0.25) is 0 Å². The smallest absolute Gasteiger partial charge is 0.305 e. The Balaban J connectivity index is 0.000000436. The maximum Gasteiger partial charge on any atom is 0.305 e. The zero-order chi connectivity index (χ0) is 27.7. The summed E-state index contributed by atoms with van der Waals surface area (Å²) in [5, 5.41) is 12.2. The summed E-state index contributed by atoms with van der Waals surface area (Å²) in [6.45, 7) is 9.49. The number of nitrogens with zero attached hydrogens (tertiary/aromatic N) is 3. The van der Waals surface area contributed by atoms with Crippen LogP contribution in [0.5, 0.6) is 0 Å². The Kier molecular flexibility index (Phi) is 11.6. The van der Waals surface area contributed by atoms with E-state index in [9.17, 15) is 14.8 Å². The lowest BCUT2D eigenvalue weighted by Gasteiger charge is -2.24. The second kappa shape index (κ2) is 14.4. The van der Waals surface area contributed by atoms with Gasteiger partial charge in [-0.1, -0.05) is 26.2 Å². The summed E-state index contributed by atoms with van der Waals surface area (Å²) in [5.41, 5.74) is 4.95. The molecule has 8 nitrogen and oxygen atoms in total. The predicted octanol–water partition coefficient (Wildman–Crippen LogP) is 6.51. The van der Waals surface area contributed by atoms with Gasteiger partial charge in [0.15, 0.2) is 0 Å². The number of esters is 1. The third-order valence-corrected chi connectivity index (χ3v) is 8.30. The van der Waals surface area contributed by atoms with Gasteiger partial charge in [-0.3, -0.25) is 9.59 Å². The van der Waals surface area contributed by atoms with Gasteiger partial charge in [0.05, 0.1) is 21.6 Å². The molecule has 1 aromatic heterocycles. The molecular weight excluding hydrogens is 520 g/mol. The molecule has 1 aliphatic heterocycles. The SMILES string of the molecule is CCC(=O)OC(C)C.CCN[N+](O)(S)c1cc(C(=O)N2CCCC2)ccc1-c1cnc(C2CCCCC2)s1. The third kappa shape index (κ3) is 8.26. The zero-order valence-corrected chi connectivity index (χ0v) is 24.8. The summed E-state index contributed by atoms with van der Waals surface area (Å²) in [4.78, 5) is 30.9. The number of carbonyl (C=O) groups excluding carboxylic acids is 2. The Hall–Kier alpha value is -1.98. The number of quaternary nitrogens is 1. The van der Waals surface area contributed by atoms with Crippen LogP contribution < -0.4 is 9.59 Å². The molecule has 10 heteroatoms. The standard InChI is InChI=1S/C22H31N4O2S2.C6H12O2/c1-2-24-26(28,29)19-14-17(22(27)25-12-6-7-13-25)10-11-18(19)20-15-23-21(30-20)16-8-4-3-5-9-16;1-4-6(7)8-5(2)3/h10-11,14-16,24,28-29H,2-9,12-13H2,1H3;5H,4H2,1-3H3/q+1;. The van der Waals surface area contributed by atoms with E-state index >= 15 is 0 Å². The molecule has 1 unspecified atom stereocenters. The molecule has 1 amide bonds. The molecule has 2 aromatic rings. The fourth-order valence-corrected chi connectivity index (χ4v) is 6.26. The highest BCUT2D eigenvalue weighted by molar-refractivity contribution is 7.79. The van der Waals surface area contributed by atoms with E-state index in [-0.39, 0.29) is 18.0 Å². The van der Waals surface area contributed by atoms with E-state index in [0.29, 0.717) is 30.1 Å². The number of rotatable bonds is 8. The molecule has 2 N–H and O–H groups in total. The Bertz CT molecular complexity index is 1060. The third-order valence-electron chi connectivity index (χ3n) is 6.75. The van der Waals surface area contributed by atoms with Crippen LogP contribution in [0.1, 0.15) is 100 Å². The summed E-state index contributed by atoms with van der Waals surface area (Å²) in [5.74, 6) is 0.424. The molecule has 2 heterocycles. The van der Waals surface area contributed by atoms with Gasteiger partial charge in [-0.2, -0.15) is 5.21 Å². The van der Waals surface area contributed by atoms with Crippen LogP contribution in [-0.2, 0) is 9.53 Å². The highest BCUT2D eigenvalue weighted by Gasteiger charge is 2.32. The Morgan fingerprint density at radius 3 is 2.45 bits per heavy atom. The number of likely N-dealkylation sites (tertiary alicyclic amines) is 1. The number of amides is 1. The predicted molar refractivity (Wildman–Crippen MR) is 156 cm³/mol. The van der Waals surface area contributed by atoms with Crippen LogP contribution in [0, 0.1) is 0 Å². The van der Waals surface area contributed by atoms with Gasteiger partial charge in [-0.25, -0.2) is 4.98 Å². The molecule has 1 aromatic carbocycles. The van der Waals surface area contributed by atoms with Crippen molar-refractivity contribution in [1.29, 1.82) is 0 Å². The van der Waals surface area contributed by atoms with Crippen molar-refractivity contribution in [3.05, 3.63) is 35.0 Å². The number of benzene rings is 1. The minimum Gasteiger partial charge on any atom is -0.463 e. The lowest BCUT2D eigenvalue weighted by atomic mass is 9.90. The Morgan fingerprint density at radius 2 is 1.87 bits per heavy atom. The van der Waals surface area contributed by atoms with Gasteiger partial charge >= 0.3 is 5.97 Å². The van der Waals surface area contributed by atoms with Gasteiger partial charge in [0.25, 0.3) is 5.91 Å². The minimum atomic E-state index is -0.774. The first-order valence-corrected chi connectivity index (χ1v) is 15.1. The Labute approximate surface area is 236 Å². The molecule has 2 aliphatic rings. The van der Waals surface area contributed by atoms with E-state index in [1.807, 2.05) is 44.0 Å². The molecular formula is C28H43N4O4S2+. The Morgan fingerprint density at radius 1 is 1.18 bits per heavy atom. The average Bonchev–Trinajstić information content (AvgIpc) is 3.61. The highest BCUT2D eigenvalue weighted by Crippen LogP contribution is 2.42. The molecule has 1 saturated heterocycles. The monoisotopic (exact) mass is 563 g/mol. The van der Waals surface area contributed by atoms with Gasteiger partial charge < -0.3 is 9.64 Å². The van der Waals surface area contributed by atoms with Crippen molar-refractivity contribution in [2.75, 3.05) is 19.6 Å². The topological polar surface area (TPSA) is 91.8 Å². The molecule has 0 radical (unpaired) electrons. The van der Waals surface area contributed by atoms with E-state index < -0.39 is 4.16 Å². The van der Waals surface area contributed by atoms with E-state index in [1.54, 1.807) is 24.3 Å². The summed E-state index contributed by atoms with van der Waals surface area (Å²) in [7, 11) is 0. The van der Waals surface area contributed by atoms with Crippen molar-refractivity contribution in [2.24, 2.45) is 0 Å². The summed E-state index contributed by atoms with van der Waals surface area (Å²) < 4.78 is 3.99. The number of thiazole rings is 1. The number of aromatic nitrogens is 1. The number of nitrogens with one attached hydrogen (secondary N) is 1. The molecule has 1 saturated carbocycles. The minimum absolute atomic E-state index is 0.0114. The molecule has 0 bridgehead atoms. The highest BCUT2D eigenvalue weighted by atomic mass is 32.1. The van der Waals surface area contributed by atoms with Crippen molar-refractivity contribution in [2.45, 2.75) is 91.1 Å². The van der Waals surface area contributed by atoms with Crippen LogP contribution in [0.3, 0.4) is 0 Å². The largest absolute Gasteiger partial charge is 0.463 e. The van der Waals surface area contributed by atoms with Crippen LogP contribution >= 0.6 is 24.2 Å². The first-order chi connectivity index (χ1) is 18.2. The number of hydrogen-bond acceptors (Lipinski definition) is 8. The molecule has 38 heavy (non-hydrogen) atoms. The molecule has 210 valence electrons. The van der Waals surface area contributed by atoms with E-state index in [2.05, 4.69) is 18.2 Å². The number of ether oxygens (including phenoxy) is 1. The average molecular weight is 564 g/mol. The number of hydrogen-bond donors (Lipinski definition) is 3. The van der Waals surface area contributed by atoms with Gasteiger partial charge in [0, 0.05) is 49.8 Å². The van der Waals surface area contributed by atoms with Gasteiger partial charge in [-0.15, -0.1) is 16.8 Å². The van der Waals surface area contributed by atoms with Crippen LogP contribution in [-0.4, -0.2) is 52.7 Å². The van der Waals surface area contributed by atoms with Crippen LogP contribution in [0.25, 0.3) is 10.4 Å². The van der Waals surface area contributed by atoms with Gasteiger partial charge in [-0.05, 0) is 62.7 Å². The summed E-state index contributed by atoms with van der Waals surface area (Å²) in [6, 6.07) is 5.55. The fraction of sp³-hybridized carbons (Fsp3) is 0.607. The van der Waals surface area contributed by atoms with Crippen LogP contribution in [0.4, 0.5) is 5.69 Å². The van der Waals surface area contributed by atoms with Gasteiger partial charge in [0.1, 0.15) is 12.8 Å². The molecule has 1 atom stereocenters. The van der Waals surface area contributed by atoms with Crippen LogP contribution in [0.15, 0.2) is 24.4 Å². The second-order valence-electron chi connectivity index (χ2n) is 10.1. The first-order valence-electron chi connectivity index (χ1n) is 13.8. The van der Waals surface area contributed by atoms with Gasteiger partial charge in [0.2, 0.25) is 5.69 Å². The maximum absolute atomic E-state index is 12.9. The first kappa shape index (κ1) is 30.6. The normalized spacial score (nSPS) is 17.6. The van der Waals surface area contributed by atoms with Crippen molar-refractivity contribution in [3.8, 4) is 10.4 Å². The lowest BCUT2D eigenvalue weighted by Crippen LogP contribution is -2.49. The van der Waals surface area contributed by atoms with E-state index in [4.69, 9.17) is 9.72 Å². The molecule has 2 fully saturated rings. The lowest BCUT2D eigenvalue weighted by molar-refractivity contribution is -0.146. The second-order valence-corrected chi connectivity index (χ2v) is 11.8. The van der Waals surface area contributed by atoms with Crippen molar-refractivity contribution in [1.82, 2.24) is 19.5 Å². The van der Waals surface area contributed by atoms with Crippen molar-refractivity contribution >= 4 is 41.7 Å². The quantitative estimate of drug-likeness (QED) is 0.147. The van der Waals surface area contributed by atoms with E-state index in [0.717, 1.165) is 36.4 Å². The fourth-order valence-electron chi connectivity index (χ4n) is 4.84. The summed E-state index contributed by atoms with van der Waals surface area (Å²) in [6.07, 6.45) is 10.8. The molecule has 0 spiro atoms. The molecule has 4 rings (SSSR count).